The Balaban J connectivity index is 0. The molecule has 1 aromatic rings. The summed E-state index contributed by atoms with van der Waals surface area (Å²) in [6, 6.07) is 8.67. The fourth-order valence-electron chi connectivity index (χ4n) is 3.32. The molecule has 4 nitrogen and oxygen atoms in total. The molecule has 158 valence electrons. The minimum absolute atomic E-state index is 0. The third kappa shape index (κ3) is 11.0. The zero-order chi connectivity index (χ0) is 20.5. The second-order valence-electron chi connectivity index (χ2n) is 6.78. The number of carbonyl (C=O) groups excluding carboxylic acids is 1. The highest BCUT2D eigenvalue weighted by Gasteiger charge is 2.20. The maximum absolute atomic E-state index is 12.2. The molecule has 27 heavy (non-hydrogen) atoms. The van der Waals surface area contributed by atoms with Crippen LogP contribution in [0.2, 0.25) is 0 Å². The molecule has 0 bridgehead atoms. The lowest BCUT2D eigenvalue weighted by atomic mass is 9.96. The number of hydrogen-bond donors (Lipinski definition) is 2. The van der Waals surface area contributed by atoms with Gasteiger partial charge in [0.2, 0.25) is 0 Å². The van der Waals surface area contributed by atoms with Gasteiger partial charge < -0.3 is 15.2 Å². The molecule has 2 rings (SSSR count). The third-order valence-corrected chi connectivity index (χ3v) is 4.79. The molecule has 1 atom stereocenters. The molecule has 0 saturated heterocycles. The molecule has 1 aromatic carbocycles. The van der Waals surface area contributed by atoms with Crippen LogP contribution in [0, 0.1) is 6.92 Å². The minimum Gasteiger partial charge on any atom is -0.446 e. The zero-order valence-corrected chi connectivity index (χ0v) is 18.1. The van der Waals surface area contributed by atoms with Crippen molar-refractivity contribution >= 4 is 6.09 Å². The Bertz CT molecular complexity index is 490. The first kappa shape index (κ1) is 25.4. The normalized spacial score (nSPS) is 14.7. The minimum atomic E-state index is -0.230. The molecule has 4 heteroatoms. The Kier molecular flexibility index (Phi) is 15.7. The number of alkyl carbamates (subject to hydrolysis) is 1. The lowest BCUT2D eigenvalue weighted by Gasteiger charge is -2.25. The van der Waals surface area contributed by atoms with Crippen molar-refractivity contribution in [3.05, 3.63) is 35.4 Å². The molecule has 0 radical (unpaired) electrons. The number of unbranched alkanes of at least 4 members (excludes halogenated alkanes) is 1. The number of rotatable bonds is 7. The van der Waals surface area contributed by atoms with E-state index < -0.39 is 0 Å². The summed E-state index contributed by atoms with van der Waals surface area (Å²) >= 11 is 0. The van der Waals surface area contributed by atoms with Crippen LogP contribution >= 0.6 is 0 Å². The number of aliphatic hydroxyl groups excluding tert-OH is 1. The number of benzene rings is 1. The number of hydrogen-bond acceptors (Lipinski definition) is 3. The Hall–Kier alpha value is -1.55. The van der Waals surface area contributed by atoms with Crippen LogP contribution in [0.4, 0.5) is 4.79 Å². The highest BCUT2D eigenvalue weighted by atomic mass is 16.6. The summed E-state index contributed by atoms with van der Waals surface area (Å²) in [5, 5.41) is 10.1. The van der Waals surface area contributed by atoms with Crippen molar-refractivity contribution < 1.29 is 16.1 Å². The van der Waals surface area contributed by atoms with Gasteiger partial charge in [0, 0.05) is 21.0 Å². The van der Waals surface area contributed by atoms with Crippen molar-refractivity contribution in [1.29, 1.82) is 0 Å². The fourth-order valence-corrected chi connectivity index (χ4v) is 3.32. The number of aryl methyl sites for hydroxylation is 1. The molecule has 0 aliphatic heterocycles. The largest absolute Gasteiger partial charge is 0.446 e. The molecule has 1 fully saturated rings. The third-order valence-electron chi connectivity index (χ3n) is 4.79. The van der Waals surface area contributed by atoms with Crippen LogP contribution in [0.1, 0.15) is 84.7 Å². The maximum atomic E-state index is 12.2. The van der Waals surface area contributed by atoms with Crippen molar-refractivity contribution in [2.75, 3.05) is 7.11 Å². The van der Waals surface area contributed by atoms with Crippen molar-refractivity contribution in [1.82, 2.24) is 5.32 Å². The molecule has 1 saturated carbocycles. The molecule has 0 unspecified atom stereocenters. The van der Waals surface area contributed by atoms with E-state index in [1.165, 1.54) is 30.4 Å². The quantitative estimate of drug-likeness (QED) is 0.605. The summed E-state index contributed by atoms with van der Waals surface area (Å²) in [6.45, 7) is 8.29. The van der Waals surface area contributed by atoms with E-state index in [1.54, 1.807) is 0 Å². The number of ether oxygens (including phenoxy) is 1. The summed E-state index contributed by atoms with van der Waals surface area (Å²) in [4.78, 5) is 12.2. The topological polar surface area (TPSA) is 58.6 Å². The predicted octanol–water partition coefficient (Wildman–Crippen LogP) is 6.04. The van der Waals surface area contributed by atoms with Crippen molar-refractivity contribution in [2.45, 2.75) is 97.6 Å². The average molecular weight is 382 g/mol. The van der Waals surface area contributed by atoms with Gasteiger partial charge in [-0.3, -0.25) is 0 Å². The van der Waals surface area contributed by atoms with Crippen LogP contribution < -0.4 is 5.32 Å². The van der Waals surface area contributed by atoms with E-state index in [9.17, 15) is 4.79 Å². The first-order chi connectivity index (χ1) is 13.2. The van der Waals surface area contributed by atoms with E-state index >= 15 is 0 Å². The molecule has 2 N–H and O–H groups in total. The average Bonchev–Trinajstić information content (AvgIpc) is 2.71. The number of amides is 1. The van der Waals surface area contributed by atoms with Gasteiger partial charge in [0.15, 0.2) is 0 Å². The molecule has 1 aliphatic rings. The van der Waals surface area contributed by atoms with Crippen LogP contribution in [0.3, 0.4) is 0 Å². The summed E-state index contributed by atoms with van der Waals surface area (Å²) < 4.78 is 5.76. The van der Waals surface area contributed by atoms with E-state index in [0.717, 1.165) is 45.6 Å². The summed E-state index contributed by atoms with van der Waals surface area (Å²) in [5.41, 5.74) is 2.55. The van der Waals surface area contributed by atoms with Gasteiger partial charge in [-0.15, -0.1) is 0 Å². The van der Waals surface area contributed by atoms with E-state index in [2.05, 4.69) is 43.4 Å². The van der Waals surface area contributed by atoms with Crippen LogP contribution in [-0.4, -0.2) is 30.5 Å². The zero-order valence-electron chi connectivity index (χ0n) is 18.1. The van der Waals surface area contributed by atoms with E-state index in [4.69, 9.17) is 9.84 Å². The first-order valence-corrected chi connectivity index (χ1v) is 10.7. The highest BCUT2D eigenvalue weighted by Crippen LogP contribution is 2.19. The molecule has 1 amide bonds. The number of carbonyl (C=O) groups is 1. The fraction of sp³-hybridized carbons (Fsp3) is 0.696. The Morgan fingerprint density at radius 1 is 1.22 bits per heavy atom. The number of nitrogens with one attached hydrogen (secondary N) is 1. The Labute approximate surface area is 168 Å². The van der Waals surface area contributed by atoms with Crippen molar-refractivity contribution in [2.24, 2.45) is 0 Å². The SMILES string of the molecule is CC.CCCC[C@@H](Cc1ccccc1C)OC(=O)NC1CCCCC1.CO.[HH]. The second kappa shape index (κ2) is 16.6. The molecular formula is C23H43NO3. The smallest absolute Gasteiger partial charge is 0.407 e. The predicted molar refractivity (Wildman–Crippen MR) is 116 cm³/mol. The molecule has 0 spiro atoms. The molecular weight excluding hydrogens is 338 g/mol. The number of aliphatic hydroxyl groups is 1. The van der Waals surface area contributed by atoms with Crippen LogP contribution in [0.25, 0.3) is 0 Å². The van der Waals surface area contributed by atoms with Gasteiger partial charge in [-0.25, -0.2) is 4.79 Å². The monoisotopic (exact) mass is 381 g/mol. The molecule has 0 aromatic heterocycles. The maximum Gasteiger partial charge on any atom is 0.407 e. The van der Waals surface area contributed by atoms with Crippen molar-refractivity contribution in [3.63, 3.8) is 0 Å². The summed E-state index contributed by atoms with van der Waals surface area (Å²) in [5.74, 6) is 0. The highest BCUT2D eigenvalue weighted by molar-refractivity contribution is 5.67. The van der Waals surface area contributed by atoms with Gasteiger partial charge in [0.05, 0.1) is 0 Å². The van der Waals surface area contributed by atoms with Gasteiger partial charge >= 0.3 is 6.09 Å². The molecule has 0 heterocycles. The van der Waals surface area contributed by atoms with Gasteiger partial charge in [-0.05, 0) is 37.3 Å². The van der Waals surface area contributed by atoms with Crippen LogP contribution in [-0.2, 0) is 11.2 Å². The van der Waals surface area contributed by atoms with Crippen LogP contribution in [0.5, 0.6) is 0 Å². The first-order valence-electron chi connectivity index (χ1n) is 10.7. The van der Waals surface area contributed by atoms with E-state index in [-0.39, 0.29) is 13.6 Å². The Morgan fingerprint density at radius 2 is 1.85 bits per heavy atom. The standard InChI is InChI=1S/C20H31NO2.C2H6.CH4O.H2/c1-3-4-14-19(15-17-11-9-8-10-16(17)2)23-20(22)21-18-12-6-5-7-13-18;2*1-2;/h8-11,18-19H,3-7,12-15H2,1-2H3,(H,21,22);1-2H3;2H,1H3;1H/t19-;;;/m0.../s1. The van der Waals surface area contributed by atoms with Gasteiger partial charge in [-0.2, -0.15) is 0 Å². The summed E-state index contributed by atoms with van der Waals surface area (Å²) in [6.07, 6.45) is 9.60. The second-order valence-corrected chi connectivity index (χ2v) is 6.78. The van der Waals surface area contributed by atoms with E-state index in [0.29, 0.717) is 6.04 Å². The van der Waals surface area contributed by atoms with Crippen molar-refractivity contribution in [3.8, 4) is 0 Å². The lowest BCUT2D eigenvalue weighted by Crippen LogP contribution is -2.38. The molecule has 1 aliphatic carbocycles. The lowest BCUT2D eigenvalue weighted by molar-refractivity contribution is 0.0866. The van der Waals surface area contributed by atoms with Gasteiger partial charge in [-0.1, -0.05) is 77.1 Å². The van der Waals surface area contributed by atoms with Crippen LogP contribution in [0.15, 0.2) is 24.3 Å². The summed E-state index contributed by atoms with van der Waals surface area (Å²) in [7, 11) is 1.00. The Morgan fingerprint density at radius 3 is 2.44 bits per heavy atom. The van der Waals surface area contributed by atoms with E-state index in [1.807, 2.05) is 13.8 Å². The van der Waals surface area contributed by atoms with Gasteiger partial charge in [0.1, 0.15) is 6.10 Å². The van der Waals surface area contributed by atoms with Gasteiger partial charge in [0.25, 0.3) is 0 Å².